The number of fused-ring (bicyclic) bond motifs is 1. The number of hydrogen-bond acceptors (Lipinski definition) is 3. The zero-order chi connectivity index (χ0) is 12.5. The second kappa shape index (κ2) is 4.38. The maximum absolute atomic E-state index is 12.4. The number of pyridine rings is 1. The van der Waals surface area contributed by atoms with Crippen molar-refractivity contribution in [2.45, 2.75) is 12.5 Å². The summed E-state index contributed by atoms with van der Waals surface area (Å²) in [5.74, 6) is -0.0455. The van der Waals surface area contributed by atoms with E-state index in [0.717, 1.165) is 10.9 Å². The van der Waals surface area contributed by atoms with Gasteiger partial charge in [-0.1, -0.05) is 18.2 Å². The number of benzene rings is 1. The summed E-state index contributed by atoms with van der Waals surface area (Å²) in [7, 11) is 0. The molecule has 0 unspecified atom stereocenters. The minimum atomic E-state index is -0.392. The molecule has 1 aliphatic heterocycles. The quantitative estimate of drug-likeness (QED) is 0.823. The van der Waals surface area contributed by atoms with Gasteiger partial charge in [0.05, 0.1) is 17.2 Å². The lowest BCUT2D eigenvalue weighted by atomic mass is 10.1. The first-order valence-corrected chi connectivity index (χ1v) is 6.07. The Balaban J connectivity index is 2.01. The van der Waals surface area contributed by atoms with Crippen LogP contribution in [0.3, 0.4) is 0 Å². The van der Waals surface area contributed by atoms with Crippen LogP contribution in [0.5, 0.6) is 0 Å². The lowest BCUT2D eigenvalue weighted by Crippen LogP contribution is -2.29. The summed E-state index contributed by atoms with van der Waals surface area (Å²) in [6, 6.07) is 9.40. The molecule has 1 amide bonds. The summed E-state index contributed by atoms with van der Waals surface area (Å²) in [6.45, 7) is 1.03. The highest BCUT2D eigenvalue weighted by Crippen LogP contribution is 2.20. The molecule has 2 aromatic rings. The number of hydrogen-bond donors (Lipinski definition) is 1. The van der Waals surface area contributed by atoms with Gasteiger partial charge in [0, 0.05) is 24.7 Å². The number of nitrogens with zero attached hydrogens (tertiary/aromatic N) is 2. The normalized spacial score (nSPS) is 19.4. The summed E-state index contributed by atoms with van der Waals surface area (Å²) in [6.07, 6.45) is 1.96. The number of carbonyl (C=O) groups excluding carboxylic acids is 1. The van der Waals surface area contributed by atoms with Gasteiger partial charge in [-0.05, 0) is 18.6 Å². The highest BCUT2D eigenvalue weighted by molar-refractivity contribution is 6.05. The predicted octanol–water partition coefficient (Wildman–Crippen LogP) is 1.44. The first-order valence-electron chi connectivity index (χ1n) is 6.07. The second-order valence-electron chi connectivity index (χ2n) is 4.57. The van der Waals surface area contributed by atoms with Crippen LogP contribution in [-0.4, -0.2) is 40.1 Å². The van der Waals surface area contributed by atoms with E-state index in [1.165, 1.54) is 0 Å². The van der Waals surface area contributed by atoms with Crippen molar-refractivity contribution < 1.29 is 9.90 Å². The standard InChI is InChI=1S/C14H14N2O2/c17-11-6-8-16(9-11)14(18)12-5-1-3-10-4-2-7-15-13(10)12/h1-5,7,11,17H,6,8-9H2/t11-/m1/s1. The van der Waals surface area contributed by atoms with Gasteiger partial charge in [-0.15, -0.1) is 0 Å². The van der Waals surface area contributed by atoms with Gasteiger partial charge in [-0.2, -0.15) is 0 Å². The van der Waals surface area contributed by atoms with E-state index < -0.39 is 6.10 Å². The van der Waals surface area contributed by atoms with Crippen molar-refractivity contribution in [3.8, 4) is 0 Å². The SMILES string of the molecule is O=C(c1cccc2cccnc12)N1CC[C@@H](O)C1. The van der Waals surface area contributed by atoms with E-state index in [1.54, 1.807) is 17.2 Å². The number of β-amino-alcohol motifs (C(OH)–C–C–N with tert-alkyl or cyclic N) is 1. The van der Waals surface area contributed by atoms with Crippen LogP contribution in [0.15, 0.2) is 36.5 Å². The fourth-order valence-corrected chi connectivity index (χ4v) is 2.37. The number of aromatic nitrogens is 1. The molecule has 0 bridgehead atoms. The van der Waals surface area contributed by atoms with Crippen LogP contribution < -0.4 is 0 Å². The van der Waals surface area contributed by atoms with E-state index in [9.17, 15) is 9.90 Å². The molecule has 0 aliphatic carbocycles. The molecule has 0 spiro atoms. The molecule has 4 nitrogen and oxygen atoms in total. The summed E-state index contributed by atoms with van der Waals surface area (Å²) in [5.41, 5.74) is 1.34. The summed E-state index contributed by atoms with van der Waals surface area (Å²) in [4.78, 5) is 18.4. The van der Waals surface area contributed by atoms with Crippen LogP contribution in [0.1, 0.15) is 16.8 Å². The predicted molar refractivity (Wildman–Crippen MR) is 68.3 cm³/mol. The molecule has 0 radical (unpaired) electrons. The van der Waals surface area contributed by atoms with Crippen molar-refractivity contribution in [2.75, 3.05) is 13.1 Å². The van der Waals surface area contributed by atoms with E-state index in [4.69, 9.17) is 0 Å². The lowest BCUT2D eigenvalue weighted by molar-refractivity contribution is 0.0766. The Bertz CT molecular complexity index is 592. The zero-order valence-corrected chi connectivity index (χ0v) is 9.91. The number of aliphatic hydroxyl groups is 1. The van der Waals surface area contributed by atoms with Crippen LogP contribution in [0.2, 0.25) is 0 Å². The Kier molecular flexibility index (Phi) is 2.72. The number of amides is 1. The number of para-hydroxylation sites is 1. The fourth-order valence-electron chi connectivity index (χ4n) is 2.37. The van der Waals surface area contributed by atoms with Gasteiger partial charge in [-0.25, -0.2) is 0 Å². The Morgan fingerprint density at radius 3 is 2.94 bits per heavy atom. The van der Waals surface area contributed by atoms with Crippen molar-refractivity contribution in [2.24, 2.45) is 0 Å². The van der Waals surface area contributed by atoms with Crippen LogP contribution in [0, 0.1) is 0 Å². The molecule has 2 heterocycles. The average Bonchev–Trinajstić information content (AvgIpc) is 2.84. The number of aliphatic hydroxyl groups excluding tert-OH is 1. The summed E-state index contributed by atoms with van der Waals surface area (Å²) < 4.78 is 0. The molecule has 1 fully saturated rings. The van der Waals surface area contributed by atoms with E-state index in [2.05, 4.69) is 4.98 Å². The number of rotatable bonds is 1. The van der Waals surface area contributed by atoms with E-state index in [1.807, 2.05) is 24.3 Å². The smallest absolute Gasteiger partial charge is 0.256 e. The Morgan fingerprint density at radius 1 is 1.33 bits per heavy atom. The Hall–Kier alpha value is -1.94. The van der Waals surface area contributed by atoms with Gasteiger partial charge in [0.15, 0.2) is 0 Å². The molecule has 1 saturated heterocycles. The highest BCUT2D eigenvalue weighted by atomic mass is 16.3. The molecule has 1 aliphatic rings. The average molecular weight is 242 g/mol. The zero-order valence-electron chi connectivity index (χ0n) is 9.91. The molecule has 4 heteroatoms. The fraction of sp³-hybridized carbons (Fsp3) is 0.286. The third-order valence-electron chi connectivity index (χ3n) is 3.31. The van der Waals surface area contributed by atoms with Gasteiger partial charge in [-0.3, -0.25) is 9.78 Å². The molecular formula is C14H14N2O2. The maximum Gasteiger partial charge on any atom is 0.256 e. The van der Waals surface area contributed by atoms with Gasteiger partial charge in [0.1, 0.15) is 0 Å². The van der Waals surface area contributed by atoms with Crippen LogP contribution in [-0.2, 0) is 0 Å². The number of carbonyl (C=O) groups is 1. The van der Waals surface area contributed by atoms with Gasteiger partial charge in [0.2, 0.25) is 0 Å². The van der Waals surface area contributed by atoms with Gasteiger partial charge in [0.25, 0.3) is 5.91 Å². The molecule has 18 heavy (non-hydrogen) atoms. The van der Waals surface area contributed by atoms with E-state index in [0.29, 0.717) is 25.1 Å². The molecule has 92 valence electrons. The van der Waals surface area contributed by atoms with Crippen LogP contribution in [0.4, 0.5) is 0 Å². The van der Waals surface area contributed by atoms with Crippen molar-refractivity contribution in [3.05, 3.63) is 42.1 Å². The van der Waals surface area contributed by atoms with Crippen molar-refractivity contribution in [1.29, 1.82) is 0 Å². The first kappa shape index (κ1) is 11.2. The minimum absolute atomic E-state index is 0.0455. The minimum Gasteiger partial charge on any atom is -0.391 e. The molecule has 1 atom stereocenters. The van der Waals surface area contributed by atoms with Crippen LogP contribution >= 0.6 is 0 Å². The van der Waals surface area contributed by atoms with E-state index in [-0.39, 0.29) is 5.91 Å². The third kappa shape index (κ3) is 1.84. The monoisotopic (exact) mass is 242 g/mol. The van der Waals surface area contributed by atoms with E-state index >= 15 is 0 Å². The molecule has 1 aromatic carbocycles. The molecular weight excluding hydrogens is 228 g/mol. The summed E-state index contributed by atoms with van der Waals surface area (Å²) >= 11 is 0. The Labute approximate surface area is 105 Å². The largest absolute Gasteiger partial charge is 0.391 e. The van der Waals surface area contributed by atoms with Crippen molar-refractivity contribution in [1.82, 2.24) is 9.88 Å². The topological polar surface area (TPSA) is 53.4 Å². The first-order chi connectivity index (χ1) is 8.75. The van der Waals surface area contributed by atoms with Crippen molar-refractivity contribution >= 4 is 16.8 Å². The molecule has 0 saturated carbocycles. The Morgan fingerprint density at radius 2 is 2.17 bits per heavy atom. The summed E-state index contributed by atoms with van der Waals surface area (Å²) in [5, 5.41) is 10.5. The molecule has 1 aromatic heterocycles. The van der Waals surface area contributed by atoms with Crippen LogP contribution in [0.25, 0.3) is 10.9 Å². The third-order valence-corrected chi connectivity index (χ3v) is 3.31. The second-order valence-corrected chi connectivity index (χ2v) is 4.57. The highest BCUT2D eigenvalue weighted by Gasteiger charge is 2.26. The molecule has 3 rings (SSSR count). The van der Waals surface area contributed by atoms with Gasteiger partial charge < -0.3 is 10.0 Å². The number of likely N-dealkylation sites (tertiary alicyclic amines) is 1. The lowest BCUT2D eigenvalue weighted by Gasteiger charge is -2.16. The van der Waals surface area contributed by atoms with Crippen molar-refractivity contribution in [3.63, 3.8) is 0 Å². The molecule has 1 N–H and O–H groups in total. The maximum atomic E-state index is 12.4. The van der Waals surface area contributed by atoms with Gasteiger partial charge >= 0.3 is 0 Å².